The first kappa shape index (κ1) is 16.1. The molecule has 0 fully saturated rings. The standard InChI is InChI=1S/C17H25N3S/c1-4-18-15(12-17-19-10-11-20(17)5-2)13-21-16-8-6-14(3)7-9-16/h6-11,15,18H,4-5,12-13H2,1-3H3. The minimum absolute atomic E-state index is 0.453. The SMILES string of the molecule is CCNC(CSc1ccc(C)cc1)Cc1nccn1CC. The van der Waals surface area contributed by atoms with Gasteiger partial charge in [0.1, 0.15) is 5.82 Å². The van der Waals surface area contributed by atoms with Crippen LogP contribution in [0, 0.1) is 6.92 Å². The van der Waals surface area contributed by atoms with Crippen LogP contribution in [0.15, 0.2) is 41.6 Å². The fourth-order valence-electron chi connectivity index (χ4n) is 2.35. The molecule has 0 amide bonds. The predicted molar refractivity (Wildman–Crippen MR) is 91.0 cm³/mol. The van der Waals surface area contributed by atoms with E-state index in [-0.39, 0.29) is 0 Å². The highest BCUT2D eigenvalue weighted by Crippen LogP contribution is 2.20. The van der Waals surface area contributed by atoms with Gasteiger partial charge in [-0.15, -0.1) is 11.8 Å². The Hall–Kier alpha value is -1.26. The molecule has 2 aromatic rings. The molecule has 0 radical (unpaired) electrons. The summed E-state index contributed by atoms with van der Waals surface area (Å²) in [5.41, 5.74) is 1.31. The number of rotatable bonds is 8. The van der Waals surface area contributed by atoms with E-state index in [1.165, 1.54) is 16.3 Å². The third kappa shape index (κ3) is 4.90. The summed E-state index contributed by atoms with van der Waals surface area (Å²) in [4.78, 5) is 5.82. The minimum atomic E-state index is 0.453. The Balaban J connectivity index is 1.94. The van der Waals surface area contributed by atoms with Crippen LogP contribution >= 0.6 is 11.8 Å². The molecule has 0 bridgehead atoms. The predicted octanol–water partition coefficient (Wildman–Crippen LogP) is 3.52. The van der Waals surface area contributed by atoms with E-state index in [0.717, 1.165) is 25.3 Å². The van der Waals surface area contributed by atoms with Gasteiger partial charge in [-0.25, -0.2) is 4.98 Å². The number of likely N-dealkylation sites (N-methyl/N-ethyl adjacent to an activating group) is 1. The number of hydrogen-bond acceptors (Lipinski definition) is 3. The Bertz CT molecular complexity index is 533. The third-order valence-electron chi connectivity index (χ3n) is 3.54. The fraction of sp³-hybridized carbons (Fsp3) is 0.471. The van der Waals surface area contributed by atoms with Crippen LogP contribution in [0.4, 0.5) is 0 Å². The topological polar surface area (TPSA) is 29.9 Å². The molecule has 0 saturated carbocycles. The summed E-state index contributed by atoms with van der Waals surface area (Å²) in [6, 6.07) is 9.21. The number of aromatic nitrogens is 2. The van der Waals surface area contributed by atoms with Crippen molar-refractivity contribution in [1.29, 1.82) is 0 Å². The van der Waals surface area contributed by atoms with Gasteiger partial charge in [-0.3, -0.25) is 0 Å². The molecule has 1 aromatic carbocycles. The van der Waals surface area contributed by atoms with Gasteiger partial charge >= 0.3 is 0 Å². The molecular formula is C17H25N3S. The van der Waals surface area contributed by atoms with Gasteiger partial charge in [0.05, 0.1) is 0 Å². The van der Waals surface area contributed by atoms with Gasteiger partial charge < -0.3 is 9.88 Å². The molecule has 1 unspecified atom stereocenters. The maximum absolute atomic E-state index is 4.49. The lowest BCUT2D eigenvalue weighted by Gasteiger charge is -2.18. The minimum Gasteiger partial charge on any atom is -0.335 e. The highest BCUT2D eigenvalue weighted by Gasteiger charge is 2.12. The quantitative estimate of drug-likeness (QED) is 0.757. The first-order chi connectivity index (χ1) is 10.2. The van der Waals surface area contributed by atoms with E-state index in [4.69, 9.17) is 0 Å². The molecule has 3 nitrogen and oxygen atoms in total. The van der Waals surface area contributed by atoms with Gasteiger partial charge in [-0.1, -0.05) is 24.6 Å². The second-order valence-electron chi connectivity index (χ2n) is 5.21. The molecular weight excluding hydrogens is 278 g/mol. The lowest BCUT2D eigenvalue weighted by Crippen LogP contribution is -2.34. The van der Waals surface area contributed by atoms with Crippen molar-refractivity contribution in [2.75, 3.05) is 12.3 Å². The van der Waals surface area contributed by atoms with Crippen molar-refractivity contribution >= 4 is 11.8 Å². The van der Waals surface area contributed by atoms with Crippen LogP contribution in [0.5, 0.6) is 0 Å². The molecule has 1 aromatic heterocycles. The van der Waals surface area contributed by atoms with Crippen LogP contribution in [0.3, 0.4) is 0 Å². The summed E-state index contributed by atoms with van der Waals surface area (Å²) in [5.74, 6) is 2.24. The molecule has 1 atom stereocenters. The Morgan fingerprint density at radius 3 is 2.67 bits per heavy atom. The van der Waals surface area contributed by atoms with E-state index in [9.17, 15) is 0 Å². The largest absolute Gasteiger partial charge is 0.335 e. The Kier molecular flexibility index (Phi) is 6.33. The van der Waals surface area contributed by atoms with E-state index in [1.54, 1.807) is 0 Å². The van der Waals surface area contributed by atoms with Crippen molar-refractivity contribution in [3.63, 3.8) is 0 Å². The van der Waals surface area contributed by atoms with Gasteiger partial charge in [0, 0.05) is 42.0 Å². The number of aryl methyl sites for hydroxylation is 2. The summed E-state index contributed by atoms with van der Waals surface area (Å²) < 4.78 is 2.22. The van der Waals surface area contributed by atoms with Crippen molar-refractivity contribution in [3.05, 3.63) is 48.0 Å². The summed E-state index contributed by atoms with van der Waals surface area (Å²) in [7, 11) is 0. The summed E-state index contributed by atoms with van der Waals surface area (Å²) in [5, 5.41) is 3.58. The van der Waals surface area contributed by atoms with E-state index in [1.807, 2.05) is 18.0 Å². The highest BCUT2D eigenvalue weighted by atomic mass is 32.2. The molecule has 0 aliphatic carbocycles. The van der Waals surface area contributed by atoms with Crippen molar-refractivity contribution in [3.8, 4) is 0 Å². The van der Waals surface area contributed by atoms with E-state index >= 15 is 0 Å². The smallest absolute Gasteiger partial charge is 0.110 e. The normalized spacial score (nSPS) is 12.5. The van der Waals surface area contributed by atoms with Crippen molar-refractivity contribution < 1.29 is 0 Å². The van der Waals surface area contributed by atoms with Crippen LogP contribution in [0.2, 0.25) is 0 Å². The van der Waals surface area contributed by atoms with Crippen LogP contribution in [0.1, 0.15) is 25.2 Å². The summed E-state index contributed by atoms with van der Waals surface area (Å²) >= 11 is 1.91. The lowest BCUT2D eigenvalue weighted by atomic mass is 10.2. The number of benzene rings is 1. The van der Waals surface area contributed by atoms with Crippen LogP contribution < -0.4 is 5.32 Å². The lowest BCUT2D eigenvalue weighted by molar-refractivity contribution is 0.542. The Morgan fingerprint density at radius 2 is 2.00 bits per heavy atom. The third-order valence-corrected chi connectivity index (χ3v) is 4.71. The number of nitrogens with zero attached hydrogens (tertiary/aromatic N) is 2. The first-order valence-electron chi connectivity index (χ1n) is 7.65. The van der Waals surface area contributed by atoms with Gasteiger partial charge in [0.25, 0.3) is 0 Å². The summed E-state index contributed by atoms with van der Waals surface area (Å²) in [6.07, 6.45) is 4.94. The van der Waals surface area contributed by atoms with Crippen LogP contribution in [0.25, 0.3) is 0 Å². The molecule has 0 saturated heterocycles. The van der Waals surface area contributed by atoms with Crippen LogP contribution in [-0.2, 0) is 13.0 Å². The average Bonchev–Trinajstić information content (AvgIpc) is 2.94. The van der Waals surface area contributed by atoms with Gasteiger partial charge in [-0.05, 0) is 32.5 Å². The zero-order chi connectivity index (χ0) is 15.1. The number of thioether (sulfide) groups is 1. The molecule has 0 aliphatic heterocycles. The number of imidazole rings is 1. The average molecular weight is 303 g/mol. The molecule has 114 valence electrons. The highest BCUT2D eigenvalue weighted by molar-refractivity contribution is 7.99. The second-order valence-corrected chi connectivity index (χ2v) is 6.31. The molecule has 2 rings (SSSR count). The molecule has 21 heavy (non-hydrogen) atoms. The number of nitrogens with one attached hydrogen (secondary N) is 1. The molecule has 0 spiro atoms. The Morgan fingerprint density at radius 1 is 1.24 bits per heavy atom. The molecule has 0 aliphatic rings. The number of hydrogen-bond donors (Lipinski definition) is 1. The maximum Gasteiger partial charge on any atom is 0.110 e. The maximum atomic E-state index is 4.49. The molecule has 4 heteroatoms. The van der Waals surface area contributed by atoms with Crippen molar-refractivity contribution in [1.82, 2.24) is 14.9 Å². The van der Waals surface area contributed by atoms with Crippen molar-refractivity contribution in [2.24, 2.45) is 0 Å². The zero-order valence-corrected chi connectivity index (χ0v) is 14.0. The van der Waals surface area contributed by atoms with E-state index in [2.05, 4.69) is 66.1 Å². The first-order valence-corrected chi connectivity index (χ1v) is 8.64. The van der Waals surface area contributed by atoms with Gasteiger partial charge in [-0.2, -0.15) is 0 Å². The van der Waals surface area contributed by atoms with Crippen LogP contribution in [-0.4, -0.2) is 27.9 Å². The van der Waals surface area contributed by atoms with E-state index < -0.39 is 0 Å². The van der Waals surface area contributed by atoms with E-state index in [0.29, 0.717) is 6.04 Å². The summed E-state index contributed by atoms with van der Waals surface area (Å²) in [6.45, 7) is 8.43. The monoisotopic (exact) mass is 303 g/mol. The second kappa shape index (κ2) is 8.25. The zero-order valence-electron chi connectivity index (χ0n) is 13.2. The van der Waals surface area contributed by atoms with Gasteiger partial charge in [0.15, 0.2) is 0 Å². The van der Waals surface area contributed by atoms with Crippen molar-refractivity contribution in [2.45, 2.75) is 44.7 Å². The molecule has 1 N–H and O–H groups in total. The van der Waals surface area contributed by atoms with Gasteiger partial charge in [0.2, 0.25) is 0 Å². The molecule has 1 heterocycles. The Labute approximate surface area is 132 Å². The fourth-order valence-corrected chi connectivity index (χ4v) is 3.31.